The summed E-state index contributed by atoms with van der Waals surface area (Å²) in [5.74, 6) is 0.541. The van der Waals surface area contributed by atoms with Crippen molar-refractivity contribution in [2.24, 2.45) is 0 Å². The standard InChI is InChI=1S/C31H36F3N5O2S/c1-21-4-9-28-25(18-21)26(19-35-28)22-10-15-37(16-11-22)13-3-14-39-29-12-17-38(42(2,40)41)20-27(29)30(36-39)23-5-7-24(8-6-23)31(32,33)34/h4-9,18-19,22,35H,3,10-17,20H2,1-2H3. The highest BCUT2D eigenvalue weighted by atomic mass is 32.2. The number of alkyl halides is 3. The minimum Gasteiger partial charge on any atom is -0.361 e. The van der Waals surface area contributed by atoms with Gasteiger partial charge in [0.05, 0.1) is 17.5 Å². The fourth-order valence-electron chi connectivity index (χ4n) is 6.49. The molecule has 1 fully saturated rings. The van der Waals surface area contributed by atoms with Gasteiger partial charge in [-0.1, -0.05) is 23.8 Å². The van der Waals surface area contributed by atoms with Crippen LogP contribution in [0.4, 0.5) is 13.2 Å². The van der Waals surface area contributed by atoms with E-state index in [1.54, 1.807) is 0 Å². The fraction of sp³-hybridized carbons (Fsp3) is 0.452. The molecule has 0 unspecified atom stereocenters. The number of aryl methyl sites for hydroxylation is 2. The van der Waals surface area contributed by atoms with E-state index >= 15 is 0 Å². The lowest BCUT2D eigenvalue weighted by Gasteiger charge is -2.32. The number of benzene rings is 2. The summed E-state index contributed by atoms with van der Waals surface area (Å²) < 4.78 is 67.4. The van der Waals surface area contributed by atoms with Crippen LogP contribution >= 0.6 is 0 Å². The summed E-state index contributed by atoms with van der Waals surface area (Å²) in [5, 5.41) is 6.16. The maximum atomic E-state index is 13.1. The zero-order chi connectivity index (χ0) is 29.6. The third-order valence-electron chi connectivity index (χ3n) is 8.79. The number of fused-ring (bicyclic) bond motifs is 2. The zero-order valence-electron chi connectivity index (χ0n) is 23.9. The Labute approximate surface area is 244 Å². The summed E-state index contributed by atoms with van der Waals surface area (Å²) >= 11 is 0. The summed E-state index contributed by atoms with van der Waals surface area (Å²) in [6.07, 6.45) is 2.55. The van der Waals surface area contributed by atoms with E-state index in [0.29, 0.717) is 36.7 Å². The number of halogens is 3. The number of hydrogen-bond acceptors (Lipinski definition) is 4. The molecular weight excluding hydrogens is 563 g/mol. The Kier molecular flexibility index (Phi) is 7.69. The van der Waals surface area contributed by atoms with E-state index in [9.17, 15) is 21.6 Å². The molecule has 0 spiro atoms. The third kappa shape index (κ3) is 5.87. The minimum atomic E-state index is -4.42. The Morgan fingerprint density at radius 3 is 2.45 bits per heavy atom. The van der Waals surface area contributed by atoms with Crippen LogP contribution in [0.1, 0.15) is 53.1 Å². The molecule has 2 aliphatic rings. The molecule has 6 rings (SSSR count). The first kappa shape index (κ1) is 28.9. The van der Waals surface area contributed by atoms with Gasteiger partial charge in [0.15, 0.2) is 0 Å². The number of nitrogens with zero attached hydrogens (tertiary/aromatic N) is 4. The van der Waals surface area contributed by atoms with E-state index in [-0.39, 0.29) is 6.54 Å². The van der Waals surface area contributed by atoms with Crippen LogP contribution in [0.5, 0.6) is 0 Å². The largest absolute Gasteiger partial charge is 0.416 e. The maximum absolute atomic E-state index is 13.1. The van der Waals surface area contributed by atoms with E-state index in [1.807, 2.05) is 4.68 Å². The number of piperidine rings is 1. The van der Waals surface area contributed by atoms with Crippen molar-refractivity contribution in [3.8, 4) is 11.3 Å². The summed E-state index contributed by atoms with van der Waals surface area (Å²) in [5.41, 5.74) is 6.02. The molecule has 0 atom stereocenters. The molecule has 0 bridgehead atoms. The van der Waals surface area contributed by atoms with Gasteiger partial charge in [-0.25, -0.2) is 8.42 Å². The first-order valence-corrected chi connectivity index (χ1v) is 16.3. The molecule has 2 aliphatic heterocycles. The quantitative estimate of drug-likeness (QED) is 0.285. The monoisotopic (exact) mass is 599 g/mol. The smallest absolute Gasteiger partial charge is 0.361 e. The number of aromatic nitrogens is 3. The van der Waals surface area contributed by atoms with Crippen molar-refractivity contribution in [2.75, 3.05) is 32.4 Å². The number of aromatic amines is 1. The molecule has 224 valence electrons. The lowest BCUT2D eigenvalue weighted by atomic mass is 9.89. The second kappa shape index (κ2) is 11.2. The Hall–Kier alpha value is -3.15. The number of H-pyrrole nitrogens is 1. The van der Waals surface area contributed by atoms with Gasteiger partial charge in [0.25, 0.3) is 0 Å². The van der Waals surface area contributed by atoms with E-state index in [1.165, 1.54) is 44.7 Å². The van der Waals surface area contributed by atoms with Crippen LogP contribution in [-0.4, -0.2) is 64.8 Å². The number of sulfonamides is 1. The molecule has 0 amide bonds. The van der Waals surface area contributed by atoms with Gasteiger partial charge < -0.3 is 9.88 Å². The Bertz CT molecular complexity index is 1680. The predicted molar refractivity (Wildman–Crippen MR) is 158 cm³/mol. The predicted octanol–water partition coefficient (Wildman–Crippen LogP) is 5.95. The van der Waals surface area contributed by atoms with Crippen molar-refractivity contribution < 1.29 is 21.6 Å². The topological polar surface area (TPSA) is 74.2 Å². The molecule has 0 aliphatic carbocycles. The van der Waals surface area contributed by atoms with Gasteiger partial charge in [-0.15, -0.1) is 0 Å². The molecule has 7 nitrogen and oxygen atoms in total. The van der Waals surface area contributed by atoms with Gasteiger partial charge in [-0.3, -0.25) is 4.68 Å². The summed E-state index contributed by atoms with van der Waals surface area (Å²) in [7, 11) is -3.41. The second-order valence-electron chi connectivity index (χ2n) is 11.7. The average molecular weight is 600 g/mol. The zero-order valence-corrected chi connectivity index (χ0v) is 24.7. The highest BCUT2D eigenvalue weighted by Crippen LogP contribution is 2.36. The van der Waals surface area contributed by atoms with Crippen LogP contribution in [0.25, 0.3) is 22.2 Å². The number of nitrogens with one attached hydrogen (secondary N) is 1. The summed E-state index contributed by atoms with van der Waals surface area (Å²) in [6, 6.07) is 11.5. The Balaban J connectivity index is 1.13. The number of rotatable bonds is 7. The van der Waals surface area contributed by atoms with Crippen LogP contribution in [0.2, 0.25) is 0 Å². The number of likely N-dealkylation sites (tertiary alicyclic amines) is 1. The molecule has 11 heteroatoms. The second-order valence-corrected chi connectivity index (χ2v) is 13.7. The molecule has 1 N–H and O–H groups in total. The van der Waals surface area contributed by atoms with Gasteiger partial charge in [0.2, 0.25) is 10.0 Å². The van der Waals surface area contributed by atoms with Crippen LogP contribution in [0, 0.1) is 6.92 Å². The van der Waals surface area contributed by atoms with E-state index < -0.39 is 21.8 Å². The van der Waals surface area contributed by atoms with E-state index in [2.05, 4.69) is 41.2 Å². The molecule has 42 heavy (non-hydrogen) atoms. The van der Waals surface area contributed by atoms with Crippen molar-refractivity contribution in [3.63, 3.8) is 0 Å². The molecular formula is C31H36F3N5O2S. The lowest BCUT2D eigenvalue weighted by Crippen LogP contribution is -2.36. The molecule has 2 aromatic carbocycles. The first-order chi connectivity index (χ1) is 20.0. The Morgan fingerprint density at radius 1 is 1.02 bits per heavy atom. The number of hydrogen-bond donors (Lipinski definition) is 1. The van der Waals surface area contributed by atoms with Crippen molar-refractivity contribution in [1.82, 2.24) is 24.0 Å². The SMILES string of the molecule is Cc1ccc2[nH]cc(C3CCN(CCCn4nc(-c5ccc(C(F)(F)F)cc5)c5c4CCN(S(C)(=O)=O)C5)CC3)c2c1. The van der Waals surface area contributed by atoms with Gasteiger partial charge in [-0.05, 0) is 81.6 Å². The van der Waals surface area contributed by atoms with Gasteiger partial charge in [0.1, 0.15) is 0 Å². The molecule has 1 saturated heterocycles. The molecule has 2 aromatic heterocycles. The van der Waals surface area contributed by atoms with Crippen molar-refractivity contribution >= 4 is 20.9 Å². The summed E-state index contributed by atoms with van der Waals surface area (Å²) in [4.78, 5) is 5.92. The van der Waals surface area contributed by atoms with Crippen molar-refractivity contribution in [1.29, 1.82) is 0 Å². The fourth-order valence-corrected chi connectivity index (χ4v) is 7.28. The lowest BCUT2D eigenvalue weighted by molar-refractivity contribution is -0.137. The summed E-state index contributed by atoms with van der Waals surface area (Å²) in [6.45, 7) is 6.32. The molecule has 0 saturated carbocycles. The minimum absolute atomic E-state index is 0.172. The van der Waals surface area contributed by atoms with Crippen molar-refractivity contribution in [2.45, 2.75) is 57.8 Å². The molecule has 0 radical (unpaired) electrons. The van der Waals surface area contributed by atoms with Crippen LogP contribution in [0.3, 0.4) is 0 Å². The molecule has 4 heterocycles. The first-order valence-electron chi connectivity index (χ1n) is 14.5. The van der Waals surface area contributed by atoms with E-state index in [0.717, 1.165) is 62.3 Å². The van der Waals surface area contributed by atoms with Gasteiger partial charge in [0, 0.05) is 60.0 Å². The third-order valence-corrected chi connectivity index (χ3v) is 10.0. The average Bonchev–Trinajstić information content (AvgIpc) is 3.53. The molecule has 4 aromatic rings. The van der Waals surface area contributed by atoms with E-state index in [4.69, 9.17) is 5.10 Å². The highest BCUT2D eigenvalue weighted by Gasteiger charge is 2.32. The van der Waals surface area contributed by atoms with Gasteiger partial charge >= 0.3 is 6.18 Å². The van der Waals surface area contributed by atoms with Crippen LogP contribution in [-0.2, 0) is 35.7 Å². The highest BCUT2D eigenvalue weighted by molar-refractivity contribution is 7.88. The van der Waals surface area contributed by atoms with Crippen LogP contribution < -0.4 is 0 Å². The normalized spacial score (nSPS) is 17.6. The van der Waals surface area contributed by atoms with Crippen LogP contribution in [0.15, 0.2) is 48.7 Å². The van der Waals surface area contributed by atoms with Gasteiger partial charge in [-0.2, -0.15) is 22.6 Å². The maximum Gasteiger partial charge on any atom is 0.416 e. The Morgan fingerprint density at radius 2 is 1.76 bits per heavy atom. The van der Waals surface area contributed by atoms with Crippen molar-refractivity contribution in [3.05, 3.63) is 76.6 Å².